The van der Waals surface area contributed by atoms with Crippen molar-refractivity contribution < 1.29 is 79.0 Å². The SMILES string of the molecule is [CH2+]C12CC[C@@]([CH2+])(C(=O)[O-])C[C@H]1C1=[C+]C(=O)[C@H]3C([CH2+])(CC[C@H]4C([CH2+])([CH2+])[C@@H](O[C@@H]5O[C@H](C(=O)[O-])[C@@H]([O-])[C@H]([O-])[C@H]5OC5O[C@H](C(=O)[O-])[C@@H]([O-])[C@H]([O-])[C@H]5[O-])CC[C@@]43[CH2+])[C@]1([CH2+])CC2. The third kappa shape index (κ3) is 5.98. The first-order chi connectivity index (χ1) is 26.8. The number of hydrogen-bond acceptors (Lipinski definition) is 16. The Morgan fingerprint density at radius 2 is 1.28 bits per heavy atom. The zero-order chi connectivity index (χ0) is 42.9. The van der Waals surface area contributed by atoms with Crippen LogP contribution in [0.3, 0.4) is 0 Å². The maximum Gasteiger partial charge on any atom is 0.405 e. The van der Waals surface area contributed by atoms with Gasteiger partial charge in [0.1, 0.15) is 42.5 Å². The molecule has 4 saturated carbocycles. The van der Waals surface area contributed by atoms with Gasteiger partial charge in [0.2, 0.25) is 11.0 Å². The zero-order valence-corrected chi connectivity index (χ0v) is 31.9. The summed E-state index contributed by atoms with van der Waals surface area (Å²) < 4.78 is 22.0. The van der Waals surface area contributed by atoms with Gasteiger partial charge in [0.05, 0.1) is 82.7 Å². The highest BCUT2D eigenvalue weighted by Crippen LogP contribution is 2.74. The molecule has 16 nitrogen and oxygen atoms in total. The van der Waals surface area contributed by atoms with E-state index < -0.39 is 136 Å². The number of allylic oxidation sites excluding steroid dienone is 2. The number of carboxylic acid groups (broad SMARTS) is 3. The standard InChI is InChI=1S/C42H46O16/c1-37(2)21-8-11-42(7)31(20(43)16-18-19-17-39(4,36(53)54)13-12-38(19,3)14-15-41(18,42)6)40(21,5)10-9-22(37)55-35-30(26(47)25(46)29(57-35)33(51)52)58-34-27(48)23(44)24(45)28(56-34)32(49)50/h19,21-31,34-35H,1-15,17H2/t19-,21-,22-,23-,24-,25-,26-,27+,28-,29-,30+,31+,34?,35+,38?,39+,40-,41+,42?/m0/s1. The van der Waals surface area contributed by atoms with Gasteiger partial charge in [-0.15, -0.1) is 24.4 Å². The number of Topliss-reactive ketones (excluding diaryl/α,β-unsaturated/α-hetero) is 1. The van der Waals surface area contributed by atoms with Crippen molar-refractivity contribution in [1.82, 2.24) is 0 Å². The van der Waals surface area contributed by atoms with E-state index in [0.717, 1.165) is 0 Å². The Labute approximate surface area is 337 Å². The molecule has 6 fully saturated rings. The first kappa shape index (κ1) is 42.6. The number of rotatable bonds is 7. The van der Waals surface area contributed by atoms with Gasteiger partial charge in [0.25, 0.3) is 5.41 Å². The summed E-state index contributed by atoms with van der Waals surface area (Å²) in [6, 6.07) is 0. The lowest BCUT2D eigenvalue weighted by Crippen LogP contribution is -2.76. The molecule has 0 aromatic heterocycles. The monoisotopic (exact) mass is 806 g/mol. The number of ketones is 1. The number of carbonyl (C=O) groups is 4. The number of fused-ring (bicyclic) bond motifs is 7. The van der Waals surface area contributed by atoms with Gasteiger partial charge in [0.15, 0.2) is 17.6 Å². The Morgan fingerprint density at radius 3 is 1.88 bits per heavy atom. The quantitative estimate of drug-likeness (QED) is 0.171. The molecule has 0 spiro atoms. The lowest BCUT2D eigenvalue weighted by Gasteiger charge is -2.60. The van der Waals surface area contributed by atoms with Crippen molar-refractivity contribution in [1.29, 1.82) is 0 Å². The minimum absolute atomic E-state index is 0.0120. The van der Waals surface area contributed by atoms with Crippen LogP contribution in [0.25, 0.3) is 0 Å². The molecular weight excluding hydrogens is 760 g/mol. The molecule has 19 atom stereocenters. The van der Waals surface area contributed by atoms with E-state index in [1.807, 2.05) is 0 Å². The van der Waals surface area contributed by atoms with E-state index in [9.17, 15) is 60.0 Å². The van der Waals surface area contributed by atoms with Crippen LogP contribution in [0.4, 0.5) is 0 Å². The summed E-state index contributed by atoms with van der Waals surface area (Å²) in [7, 11) is 0. The van der Waals surface area contributed by atoms with Crippen LogP contribution in [-0.4, -0.2) is 91.2 Å². The third-order valence-electron chi connectivity index (χ3n) is 15.2. The summed E-state index contributed by atoms with van der Waals surface area (Å²) in [6.07, 6.45) is -19.7. The maximum atomic E-state index is 14.5. The number of carboxylic acids is 3. The zero-order valence-electron chi connectivity index (χ0n) is 31.9. The van der Waals surface area contributed by atoms with Crippen molar-refractivity contribution in [3.8, 4) is 0 Å². The second-order valence-electron chi connectivity index (χ2n) is 18.4. The summed E-state index contributed by atoms with van der Waals surface area (Å²) >= 11 is 0. The van der Waals surface area contributed by atoms with Crippen molar-refractivity contribution in [2.24, 2.45) is 50.2 Å². The highest BCUT2D eigenvalue weighted by molar-refractivity contribution is 5.92. The van der Waals surface area contributed by atoms with Gasteiger partial charge in [-0.1, -0.05) is 6.10 Å². The van der Waals surface area contributed by atoms with Crippen LogP contribution in [0.2, 0.25) is 0 Å². The minimum atomic E-state index is -2.64. The average molecular weight is 807 g/mol. The van der Waals surface area contributed by atoms with E-state index >= 15 is 0 Å². The molecule has 7 rings (SSSR count). The predicted octanol–water partition coefficient (Wildman–Crippen LogP) is -6.42. The van der Waals surface area contributed by atoms with E-state index in [1.54, 1.807) is 0 Å². The van der Waals surface area contributed by atoms with Crippen LogP contribution in [-0.2, 0) is 38.1 Å². The van der Waals surface area contributed by atoms with E-state index in [0.29, 0.717) is 37.7 Å². The molecule has 310 valence electrons. The number of carbonyl (C=O) groups excluding carboxylic acids is 4. The van der Waals surface area contributed by atoms with Crippen LogP contribution >= 0.6 is 0 Å². The van der Waals surface area contributed by atoms with Gasteiger partial charge in [-0.05, 0) is 32.1 Å². The van der Waals surface area contributed by atoms with E-state index in [1.165, 1.54) is 0 Å². The summed E-state index contributed by atoms with van der Waals surface area (Å²) in [4.78, 5) is 50.2. The lowest BCUT2D eigenvalue weighted by atomic mass is 9.33. The average Bonchev–Trinajstić information content (AvgIpc) is 3.13. The smallest absolute Gasteiger partial charge is 0.405 e. The number of ether oxygens (including phenoxy) is 4. The highest BCUT2D eigenvalue weighted by atomic mass is 16.8. The van der Waals surface area contributed by atoms with Gasteiger partial charge >= 0.3 is 11.9 Å². The third-order valence-corrected chi connectivity index (χ3v) is 15.2. The molecular formula is C42H46O16. The van der Waals surface area contributed by atoms with Crippen LogP contribution in [0.5, 0.6) is 0 Å². The fourth-order valence-electron chi connectivity index (χ4n) is 11.7. The molecule has 0 amide bonds. The fraction of sp³-hybridized carbons (Fsp3) is 0.690. The summed E-state index contributed by atoms with van der Waals surface area (Å²) in [5, 5.41) is 99.4. The Bertz CT molecular complexity index is 1730. The molecule has 0 N–H and O–H groups in total. The molecule has 3 unspecified atom stereocenters. The number of hydrogen-bond donors (Lipinski definition) is 0. The van der Waals surface area contributed by atoms with Crippen LogP contribution in [0.15, 0.2) is 5.57 Å². The largest absolute Gasteiger partial charge is 0.853 e. The second kappa shape index (κ2) is 13.7. The Morgan fingerprint density at radius 1 is 0.690 bits per heavy atom. The first-order valence-electron chi connectivity index (χ1n) is 19.5. The fourth-order valence-corrected chi connectivity index (χ4v) is 11.7. The van der Waals surface area contributed by atoms with Gasteiger partial charge in [-0.25, -0.2) is 4.79 Å². The molecule has 2 saturated heterocycles. The normalized spacial score (nSPS) is 52.3. The molecule has 2 heterocycles. The van der Waals surface area contributed by atoms with Crippen molar-refractivity contribution in [2.75, 3.05) is 0 Å². The van der Waals surface area contributed by atoms with E-state index in [2.05, 4.69) is 40.7 Å². The maximum absolute atomic E-state index is 14.5. The van der Waals surface area contributed by atoms with Crippen molar-refractivity contribution >= 4 is 23.7 Å². The highest BCUT2D eigenvalue weighted by Gasteiger charge is 2.86. The Balaban J connectivity index is 1.17. The summed E-state index contributed by atoms with van der Waals surface area (Å²) in [5.74, 6) is -7.81. The molecule has 0 bridgehead atoms. The number of aliphatic carboxylic acids is 3. The second-order valence-corrected chi connectivity index (χ2v) is 18.4. The molecule has 58 heavy (non-hydrogen) atoms. The Hall–Kier alpha value is -3.54. The van der Waals surface area contributed by atoms with Crippen molar-refractivity contribution in [3.63, 3.8) is 0 Å². The van der Waals surface area contributed by atoms with Crippen LogP contribution in [0, 0.1) is 105 Å². The van der Waals surface area contributed by atoms with Crippen LogP contribution in [0.1, 0.15) is 57.8 Å². The first-order valence-corrected chi connectivity index (χ1v) is 19.5. The van der Waals surface area contributed by atoms with E-state index in [-0.39, 0.29) is 31.5 Å². The molecule has 5 aliphatic carbocycles. The molecule has 0 aromatic carbocycles. The van der Waals surface area contributed by atoms with Gasteiger partial charge in [-0.2, -0.15) is 0 Å². The van der Waals surface area contributed by atoms with Crippen molar-refractivity contribution in [3.05, 3.63) is 60.1 Å². The molecule has 0 aromatic rings. The molecule has 16 heteroatoms. The predicted molar refractivity (Wildman–Crippen MR) is 177 cm³/mol. The van der Waals surface area contributed by atoms with Gasteiger partial charge < -0.3 is 74.2 Å². The topological polar surface area (TPSA) is 290 Å². The molecule has 2 aliphatic heterocycles. The van der Waals surface area contributed by atoms with Crippen molar-refractivity contribution in [2.45, 2.75) is 125 Å². The van der Waals surface area contributed by atoms with Gasteiger partial charge in [-0.3, -0.25) is 0 Å². The lowest BCUT2D eigenvalue weighted by molar-refractivity contribution is -0.629. The molecule has 0 radical (unpaired) electrons. The van der Waals surface area contributed by atoms with Crippen LogP contribution < -0.4 is 40.9 Å². The van der Waals surface area contributed by atoms with Gasteiger partial charge in [0, 0.05) is 25.7 Å². The van der Waals surface area contributed by atoms with E-state index in [4.69, 9.17) is 32.8 Å². The minimum Gasteiger partial charge on any atom is -0.853 e. The molecule has 7 aliphatic rings. The Kier molecular flexibility index (Phi) is 10.1. The summed E-state index contributed by atoms with van der Waals surface area (Å²) in [6.45, 7) is 31.3. The summed E-state index contributed by atoms with van der Waals surface area (Å²) in [5.41, 5.74) is -5.91.